The molecule has 0 radical (unpaired) electrons. The molecule has 0 amide bonds. The lowest BCUT2D eigenvalue weighted by atomic mass is 10.1. The summed E-state index contributed by atoms with van der Waals surface area (Å²) in [5.74, 6) is 0. The van der Waals surface area contributed by atoms with E-state index in [0.29, 0.717) is 0 Å². The Hall–Kier alpha value is -0.580. The summed E-state index contributed by atoms with van der Waals surface area (Å²) in [6.07, 6.45) is -7.05. The molecule has 0 aliphatic heterocycles. The van der Waals surface area contributed by atoms with Crippen LogP contribution in [0.4, 0.5) is 17.6 Å². The van der Waals surface area contributed by atoms with Crippen LogP contribution >= 0.6 is 0 Å². The molecule has 0 aliphatic rings. The molecule has 11 heavy (non-hydrogen) atoms. The Balaban J connectivity index is 4.03. The summed E-state index contributed by atoms with van der Waals surface area (Å²) in [6.45, 7) is 2.47. The van der Waals surface area contributed by atoms with Gasteiger partial charge in [-0.15, -0.1) is 0 Å². The summed E-state index contributed by atoms with van der Waals surface area (Å²) in [5, 5.41) is 0. The second-order valence-electron chi connectivity index (χ2n) is 2.07. The predicted molar refractivity (Wildman–Crippen MR) is 33.8 cm³/mol. The Morgan fingerprint density at radius 1 is 1.45 bits per heavy atom. The predicted octanol–water partition coefficient (Wildman–Crippen LogP) is 1.79. The van der Waals surface area contributed by atoms with Crippen molar-refractivity contribution in [1.82, 2.24) is 0 Å². The van der Waals surface area contributed by atoms with Gasteiger partial charge in [-0.1, -0.05) is 6.58 Å². The number of hydrogen-bond donors (Lipinski definition) is 1. The van der Waals surface area contributed by atoms with Crippen LogP contribution in [0, 0.1) is 0 Å². The molecule has 2 N–H and O–H groups in total. The smallest absolute Gasteiger partial charge is 0.330 e. The summed E-state index contributed by atoms with van der Waals surface area (Å²) in [4.78, 5) is 0. The summed E-state index contributed by atoms with van der Waals surface area (Å²) in [5.41, 5.74) is 3.50. The van der Waals surface area contributed by atoms with E-state index >= 15 is 0 Å². The number of rotatable bonds is 3. The highest BCUT2D eigenvalue weighted by atomic mass is 19.4. The molecule has 0 saturated heterocycles. The molecule has 1 nitrogen and oxygen atoms in total. The molecular weight excluding hydrogens is 162 g/mol. The molecule has 0 aliphatic carbocycles. The van der Waals surface area contributed by atoms with Gasteiger partial charge in [-0.05, 0) is 13.0 Å². The third-order valence-electron chi connectivity index (χ3n) is 1.16. The van der Waals surface area contributed by atoms with Crippen LogP contribution < -0.4 is 5.73 Å². The Labute approximate surface area is 61.9 Å². The lowest BCUT2D eigenvalue weighted by Gasteiger charge is -2.12. The fourth-order valence-corrected chi connectivity index (χ4v) is 0.498. The third kappa shape index (κ3) is 3.36. The summed E-state index contributed by atoms with van der Waals surface area (Å²) < 4.78 is 47.3. The molecule has 0 aromatic rings. The summed E-state index contributed by atoms with van der Waals surface area (Å²) in [6, 6.07) is 0. The Morgan fingerprint density at radius 2 is 1.91 bits per heavy atom. The SMILES string of the molecule is C=C(C(F)CCN)C(F)(F)F. The number of nitrogens with two attached hydrogens (primary N) is 1. The minimum absolute atomic E-state index is 0.115. The van der Waals surface area contributed by atoms with E-state index in [1.807, 2.05) is 0 Å². The van der Waals surface area contributed by atoms with Gasteiger partial charge < -0.3 is 5.73 Å². The number of alkyl halides is 4. The zero-order chi connectivity index (χ0) is 9.07. The second-order valence-corrected chi connectivity index (χ2v) is 2.07. The third-order valence-corrected chi connectivity index (χ3v) is 1.16. The first-order chi connectivity index (χ1) is 4.89. The van der Waals surface area contributed by atoms with Gasteiger partial charge in [-0.3, -0.25) is 0 Å². The standard InChI is InChI=1S/C6H9F4N/c1-4(6(8,9)10)5(7)2-3-11/h5H,1-3,11H2. The van der Waals surface area contributed by atoms with Gasteiger partial charge in [0.15, 0.2) is 0 Å². The maximum atomic E-state index is 12.4. The molecule has 5 heteroatoms. The van der Waals surface area contributed by atoms with Gasteiger partial charge in [-0.25, -0.2) is 4.39 Å². The minimum atomic E-state index is -4.64. The largest absolute Gasteiger partial charge is 0.414 e. The molecule has 0 saturated carbocycles. The maximum absolute atomic E-state index is 12.4. The molecule has 0 rings (SSSR count). The van der Waals surface area contributed by atoms with E-state index in [-0.39, 0.29) is 13.0 Å². The van der Waals surface area contributed by atoms with Crippen molar-refractivity contribution in [3.05, 3.63) is 12.2 Å². The van der Waals surface area contributed by atoms with Crippen molar-refractivity contribution < 1.29 is 17.6 Å². The van der Waals surface area contributed by atoms with Gasteiger partial charge in [0.25, 0.3) is 0 Å². The normalized spacial score (nSPS) is 14.6. The van der Waals surface area contributed by atoms with Crippen molar-refractivity contribution in [3.63, 3.8) is 0 Å². The highest BCUT2D eigenvalue weighted by Crippen LogP contribution is 2.28. The molecular formula is C6H9F4N. The van der Waals surface area contributed by atoms with Crippen LogP contribution in [0.3, 0.4) is 0 Å². The fourth-order valence-electron chi connectivity index (χ4n) is 0.498. The molecule has 0 fully saturated rings. The van der Waals surface area contributed by atoms with E-state index in [1.54, 1.807) is 0 Å². The molecule has 0 aromatic heterocycles. The quantitative estimate of drug-likeness (QED) is 0.508. The van der Waals surface area contributed by atoms with Crippen molar-refractivity contribution in [3.8, 4) is 0 Å². The van der Waals surface area contributed by atoms with E-state index in [9.17, 15) is 17.6 Å². The first-order valence-corrected chi connectivity index (χ1v) is 2.99. The van der Waals surface area contributed by atoms with Gasteiger partial charge in [0, 0.05) is 0 Å². The van der Waals surface area contributed by atoms with Gasteiger partial charge in [-0.2, -0.15) is 13.2 Å². The first-order valence-electron chi connectivity index (χ1n) is 2.99. The molecule has 0 spiro atoms. The monoisotopic (exact) mass is 171 g/mol. The van der Waals surface area contributed by atoms with Crippen LogP contribution in [0.1, 0.15) is 6.42 Å². The molecule has 0 heterocycles. The lowest BCUT2D eigenvalue weighted by Crippen LogP contribution is -2.22. The van der Waals surface area contributed by atoms with E-state index in [4.69, 9.17) is 5.73 Å². The zero-order valence-electron chi connectivity index (χ0n) is 5.79. The number of hydrogen-bond acceptors (Lipinski definition) is 1. The first kappa shape index (κ1) is 10.4. The fraction of sp³-hybridized carbons (Fsp3) is 0.667. The Morgan fingerprint density at radius 3 is 2.18 bits per heavy atom. The topological polar surface area (TPSA) is 26.0 Å². The second kappa shape index (κ2) is 3.71. The number of allylic oxidation sites excluding steroid dienone is 1. The van der Waals surface area contributed by atoms with Crippen molar-refractivity contribution in [1.29, 1.82) is 0 Å². The van der Waals surface area contributed by atoms with Gasteiger partial charge in [0.05, 0.1) is 5.57 Å². The van der Waals surface area contributed by atoms with Crippen LogP contribution in [0.25, 0.3) is 0 Å². The molecule has 0 bridgehead atoms. The highest BCUT2D eigenvalue weighted by molar-refractivity contribution is 5.08. The molecule has 1 atom stereocenters. The lowest BCUT2D eigenvalue weighted by molar-refractivity contribution is -0.100. The van der Waals surface area contributed by atoms with Gasteiger partial charge in [0.1, 0.15) is 6.17 Å². The van der Waals surface area contributed by atoms with E-state index in [0.717, 1.165) is 0 Å². The molecule has 66 valence electrons. The van der Waals surface area contributed by atoms with Crippen LogP contribution in [0.2, 0.25) is 0 Å². The van der Waals surface area contributed by atoms with Crippen molar-refractivity contribution in [2.45, 2.75) is 18.8 Å². The van der Waals surface area contributed by atoms with Crippen molar-refractivity contribution in [2.75, 3.05) is 6.54 Å². The average molecular weight is 171 g/mol. The van der Waals surface area contributed by atoms with Crippen LogP contribution in [-0.2, 0) is 0 Å². The van der Waals surface area contributed by atoms with Crippen LogP contribution in [0.15, 0.2) is 12.2 Å². The zero-order valence-corrected chi connectivity index (χ0v) is 5.79. The molecule has 1 unspecified atom stereocenters. The minimum Gasteiger partial charge on any atom is -0.330 e. The summed E-state index contributed by atoms with van der Waals surface area (Å²) >= 11 is 0. The highest BCUT2D eigenvalue weighted by Gasteiger charge is 2.36. The van der Waals surface area contributed by atoms with Crippen molar-refractivity contribution in [2.24, 2.45) is 5.73 Å². The van der Waals surface area contributed by atoms with Crippen LogP contribution in [0.5, 0.6) is 0 Å². The van der Waals surface area contributed by atoms with E-state index in [1.165, 1.54) is 0 Å². The Bertz CT molecular complexity index is 140. The van der Waals surface area contributed by atoms with Gasteiger partial charge >= 0.3 is 6.18 Å². The van der Waals surface area contributed by atoms with Gasteiger partial charge in [0.2, 0.25) is 0 Å². The summed E-state index contributed by atoms with van der Waals surface area (Å²) in [7, 11) is 0. The van der Waals surface area contributed by atoms with Crippen molar-refractivity contribution >= 4 is 0 Å². The Kier molecular flexibility index (Phi) is 3.51. The van der Waals surface area contributed by atoms with E-state index in [2.05, 4.69) is 6.58 Å². The average Bonchev–Trinajstić information content (AvgIpc) is 1.85. The van der Waals surface area contributed by atoms with E-state index < -0.39 is 17.9 Å². The number of halogens is 4. The maximum Gasteiger partial charge on any atom is 0.414 e. The van der Waals surface area contributed by atoms with Crippen LogP contribution in [-0.4, -0.2) is 18.9 Å². The molecule has 0 aromatic carbocycles.